The van der Waals surface area contributed by atoms with Crippen LogP contribution in [0.15, 0.2) is 0 Å². The number of aliphatic hydroxyl groups is 2. The topological polar surface area (TPSA) is 49.7 Å². The number of hydrogen-bond acceptors (Lipinski definition) is 3. The molecule has 0 aromatic rings. The predicted octanol–water partition coefficient (Wildman–Crippen LogP) is 1.96. The minimum Gasteiger partial charge on any atom is -0.396 e. The van der Waals surface area contributed by atoms with Crippen LogP contribution in [0, 0.1) is 17.3 Å². The second kappa shape index (κ2) is 4.87. The van der Waals surface area contributed by atoms with Crippen LogP contribution in [0.5, 0.6) is 0 Å². The van der Waals surface area contributed by atoms with Crippen molar-refractivity contribution in [1.82, 2.24) is 0 Å². The number of ether oxygens (including phenoxy) is 1. The van der Waals surface area contributed by atoms with Gasteiger partial charge < -0.3 is 14.9 Å². The first-order valence-corrected chi connectivity index (χ1v) is 6.92. The Hall–Kier alpha value is -0.120. The van der Waals surface area contributed by atoms with Crippen molar-refractivity contribution in [2.45, 2.75) is 51.6 Å². The average molecular weight is 242 g/mol. The highest BCUT2D eigenvalue weighted by Gasteiger charge is 2.53. The van der Waals surface area contributed by atoms with Crippen molar-refractivity contribution in [3.63, 3.8) is 0 Å². The monoisotopic (exact) mass is 242 g/mol. The third-order valence-electron chi connectivity index (χ3n) is 4.89. The maximum absolute atomic E-state index is 10.9. The molecule has 3 heteroatoms. The average Bonchev–Trinajstić information content (AvgIpc) is 2.28. The first kappa shape index (κ1) is 13.3. The second-order valence-electron chi connectivity index (χ2n) is 6.44. The van der Waals surface area contributed by atoms with Gasteiger partial charge in [-0.25, -0.2) is 0 Å². The Bertz CT molecular complexity index is 248. The molecule has 100 valence electrons. The Morgan fingerprint density at radius 3 is 2.12 bits per heavy atom. The van der Waals surface area contributed by atoms with Crippen LogP contribution in [-0.2, 0) is 4.74 Å². The number of hydrogen-bond donors (Lipinski definition) is 2. The van der Waals surface area contributed by atoms with E-state index >= 15 is 0 Å². The van der Waals surface area contributed by atoms with Crippen LogP contribution in [0.1, 0.15) is 46.0 Å². The van der Waals surface area contributed by atoms with Crippen LogP contribution in [-0.4, -0.2) is 35.6 Å². The van der Waals surface area contributed by atoms with E-state index in [1.54, 1.807) is 0 Å². The van der Waals surface area contributed by atoms with E-state index in [0.717, 1.165) is 12.8 Å². The van der Waals surface area contributed by atoms with E-state index < -0.39 is 5.60 Å². The van der Waals surface area contributed by atoms with E-state index in [1.807, 2.05) is 0 Å². The van der Waals surface area contributed by atoms with E-state index in [1.165, 1.54) is 6.42 Å². The molecule has 0 aromatic carbocycles. The normalized spacial score (nSPS) is 42.4. The molecule has 2 fully saturated rings. The van der Waals surface area contributed by atoms with Gasteiger partial charge in [-0.05, 0) is 31.1 Å². The minimum atomic E-state index is -0.719. The van der Waals surface area contributed by atoms with Crippen LogP contribution < -0.4 is 0 Å². The Kier molecular flexibility index (Phi) is 3.81. The number of aliphatic hydroxyl groups excluding tert-OH is 1. The van der Waals surface area contributed by atoms with Gasteiger partial charge in [0.2, 0.25) is 0 Å². The van der Waals surface area contributed by atoms with Crippen molar-refractivity contribution < 1.29 is 14.9 Å². The smallest absolute Gasteiger partial charge is 0.0769 e. The van der Waals surface area contributed by atoms with E-state index in [0.29, 0.717) is 37.9 Å². The maximum atomic E-state index is 10.9. The van der Waals surface area contributed by atoms with Gasteiger partial charge in [0, 0.05) is 31.5 Å². The van der Waals surface area contributed by atoms with E-state index in [2.05, 4.69) is 13.8 Å². The summed E-state index contributed by atoms with van der Waals surface area (Å²) in [6.07, 6.45) is 4.46. The predicted molar refractivity (Wildman–Crippen MR) is 66.7 cm³/mol. The maximum Gasteiger partial charge on any atom is 0.0769 e. The summed E-state index contributed by atoms with van der Waals surface area (Å²) >= 11 is 0. The van der Waals surface area contributed by atoms with Crippen molar-refractivity contribution in [2.24, 2.45) is 17.3 Å². The van der Waals surface area contributed by atoms with E-state index in [-0.39, 0.29) is 12.0 Å². The zero-order valence-electron chi connectivity index (χ0n) is 11.1. The van der Waals surface area contributed by atoms with Crippen molar-refractivity contribution in [2.75, 3.05) is 19.8 Å². The largest absolute Gasteiger partial charge is 0.396 e. The fourth-order valence-corrected chi connectivity index (χ4v) is 4.17. The molecule has 0 amide bonds. The van der Waals surface area contributed by atoms with Crippen LogP contribution in [0.4, 0.5) is 0 Å². The summed E-state index contributed by atoms with van der Waals surface area (Å²) in [7, 11) is 0. The van der Waals surface area contributed by atoms with Gasteiger partial charge in [0.05, 0.1) is 12.2 Å². The summed E-state index contributed by atoms with van der Waals surface area (Å²) in [5.41, 5.74) is -1.02. The molecule has 1 heterocycles. The van der Waals surface area contributed by atoms with Crippen molar-refractivity contribution >= 4 is 0 Å². The third kappa shape index (κ3) is 2.38. The highest BCUT2D eigenvalue weighted by atomic mass is 16.5. The molecule has 2 aliphatic rings. The molecule has 2 N–H and O–H groups in total. The molecule has 0 spiro atoms. The SMILES string of the molecule is CC1CC(C)CC(CO)(C2(O)CCOCC2)C1. The highest BCUT2D eigenvalue weighted by Crippen LogP contribution is 2.51. The minimum absolute atomic E-state index is 0.109. The zero-order valence-corrected chi connectivity index (χ0v) is 11.1. The molecule has 1 saturated carbocycles. The molecule has 2 rings (SSSR count). The molecule has 3 nitrogen and oxygen atoms in total. The second-order valence-corrected chi connectivity index (χ2v) is 6.44. The molecular formula is C14H26O3. The first-order chi connectivity index (χ1) is 8.01. The molecule has 0 aromatic heterocycles. The molecule has 1 aliphatic carbocycles. The van der Waals surface area contributed by atoms with Gasteiger partial charge in [-0.2, -0.15) is 0 Å². The fourth-order valence-electron chi connectivity index (χ4n) is 4.17. The van der Waals surface area contributed by atoms with Gasteiger partial charge in [0.25, 0.3) is 0 Å². The van der Waals surface area contributed by atoms with E-state index in [9.17, 15) is 10.2 Å². The van der Waals surface area contributed by atoms with Gasteiger partial charge >= 0.3 is 0 Å². The molecule has 1 aliphatic heterocycles. The Morgan fingerprint density at radius 1 is 1.12 bits per heavy atom. The summed E-state index contributed by atoms with van der Waals surface area (Å²) in [4.78, 5) is 0. The molecule has 0 bridgehead atoms. The van der Waals surface area contributed by atoms with Crippen LogP contribution in [0.3, 0.4) is 0 Å². The lowest BCUT2D eigenvalue weighted by Crippen LogP contribution is -2.56. The van der Waals surface area contributed by atoms with E-state index in [4.69, 9.17) is 4.74 Å². The molecule has 17 heavy (non-hydrogen) atoms. The quantitative estimate of drug-likeness (QED) is 0.778. The lowest BCUT2D eigenvalue weighted by molar-refractivity contribution is -0.183. The van der Waals surface area contributed by atoms with Gasteiger partial charge in [-0.15, -0.1) is 0 Å². The summed E-state index contributed by atoms with van der Waals surface area (Å²) in [5.74, 6) is 1.19. The molecule has 2 unspecified atom stereocenters. The highest BCUT2D eigenvalue weighted by molar-refractivity contribution is 5.03. The van der Waals surface area contributed by atoms with Gasteiger partial charge in [0.15, 0.2) is 0 Å². The summed E-state index contributed by atoms with van der Waals surface area (Å²) in [5, 5.41) is 20.8. The van der Waals surface area contributed by atoms with Crippen LogP contribution >= 0.6 is 0 Å². The Morgan fingerprint density at radius 2 is 1.65 bits per heavy atom. The third-order valence-corrected chi connectivity index (χ3v) is 4.89. The van der Waals surface area contributed by atoms with Crippen LogP contribution in [0.25, 0.3) is 0 Å². The summed E-state index contributed by atoms with van der Waals surface area (Å²) in [6, 6.07) is 0. The Labute approximate surface area is 104 Å². The Balaban J connectivity index is 2.22. The fraction of sp³-hybridized carbons (Fsp3) is 1.00. The van der Waals surface area contributed by atoms with Crippen molar-refractivity contribution in [1.29, 1.82) is 0 Å². The summed E-state index contributed by atoms with van der Waals surface area (Å²) < 4.78 is 5.36. The molecule has 0 radical (unpaired) electrons. The lowest BCUT2D eigenvalue weighted by Gasteiger charge is -2.53. The molecule has 1 saturated heterocycles. The van der Waals surface area contributed by atoms with Crippen LogP contribution in [0.2, 0.25) is 0 Å². The summed E-state index contributed by atoms with van der Waals surface area (Å²) in [6.45, 7) is 5.84. The molecule has 2 atom stereocenters. The standard InChI is InChI=1S/C14H26O3/c1-11-7-12(2)9-13(8-11,10-15)14(16)3-5-17-6-4-14/h11-12,15-16H,3-10H2,1-2H3. The van der Waals surface area contributed by atoms with Gasteiger partial charge in [0.1, 0.15) is 0 Å². The van der Waals surface area contributed by atoms with Crippen molar-refractivity contribution in [3.8, 4) is 0 Å². The van der Waals surface area contributed by atoms with Crippen molar-refractivity contribution in [3.05, 3.63) is 0 Å². The lowest BCUT2D eigenvalue weighted by atomic mass is 9.57. The zero-order chi connectivity index (χ0) is 12.5. The molecular weight excluding hydrogens is 216 g/mol. The van der Waals surface area contributed by atoms with Gasteiger partial charge in [-0.3, -0.25) is 0 Å². The number of rotatable bonds is 2. The van der Waals surface area contributed by atoms with Gasteiger partial charge in [-0.1, -0.05) is 13.8 Å². The first-order valence-electron chi connectivity index (χ1n) is 6.92.